The Labute approximate surface area is 259 Å². The summed E-state index contributed by atoms with van der Waals surface area (Å²) in [6.07, 6.45) is 4.91. The van der Waals surface area contributed by atoms with E-state index in [0.29, 0.717) is 5.69 Å². The van der Waals surface area contributed by atoms with E-state index in [2.05, 4.69) is 40.5 Å². The first-order chi connectivity index (χ1) is 19.4. The van der Waals surface area contributed by atoms with Gasteiger partial charge in [-0.15, -0.1) is 28.7 Å². The summed E-state index contributed by atoms with van der Waals surface area (Å²) in [6.45, 7) is 8.07. The van der Waals surface area contributed by atoms with Crippen LogP contribution in [0.1, 0.15) is 59.1 Å². The number of nitrogens with zero attached hydrogens (tertiary/aromatic N) is 3. The van der Waals surface area contributed by atoms with Crippen molar-refractivity contribution >= 4 is 48.8 Å². The number of thiophene rings is 1. The second-order valence-electron chi connectivity index (χ2n) is 9.80. The molecular weight excluding hydrogens is 707 g/mol. The summed E-state index contributed by atoms with van der Waals surface area (Å²) < 4.78 is 1.16. The van der Waals surface area contributed by atoms with Crippen LogP contribution in [0, 0.1) is 29.2 Å². The van der Waals surface area contributed by atoms with Crippen LogP contribution in [-0.2, 0) is 24.9 Å². The number of aliphatic hydroxyl groups is 1. The zero-order valence-electron chi connectivity index (χ0n) is 23.8. The zero-order chi connectivity index (χ0) is 28.6. The Bertz CT molecular complexity index is 1680. The minimum atomic E-state index is 0. The van der Waals surface area contributed by atoms with E-state index in [4.69, 9.17) is 0 Å². The fraction of sp³-hybridized carbons (Fsp3) is 0.294. The standard InChI is InChI=1S/C21H10N3S.C13H24O2.Ir/c22-12-18-16-9-13-5-1-2-6-14(13)10-17(16)21(24-23-18)20-11-15-7-3-4-8-19(15)25-20;1-5-10(6-2)12(14)9-13(15)11(7-3)8-4;/h1-10H;9-11,14H,5-8H2,1-4H3;/q-1;;/b;12-9-;. The SMILES string of the molecule is CCC(CC)C(=O)/C=C(\O)C(CC)CC.N#Cc1nnc(-c2[c-]c3ccccc3s2)c2cc3ccccc3cc12.[Ir]. The van der Waals surface area contributed by atoms with Gasteiger partial charge in [0.2, 0.25) is 0 Å². The van der Waals surface area contributed by atoms with Gasteiger partial charge in [0.15, 0.2) is 11.5 Å². The van der Waals surface area contributed by atoms with Gasteiger partial charge < -0.3 is 5.11 Å². The largest absolute Gasteiger partial charge is 0.512 e. The third-order valence-corrected chi connectivity index (χ3v) is 8.47. The van der Waals surface area contributed by atoms with Gasteiger partial charge in [-0.3, -0.25) is 4.79 Å². The minimum Gasteiger partial charge on any atom is -0.512 e. The van der Waals surface area contributed by atoms with Crippen LogP contribution in [0.25, 0.3) is 42.2 Å². The predicted octanol–water partition coefficient (Wildman–Crippen LogP) is 9.20. The fourth-order valence-corrected chi connectivity index (χ4v) is 5.90. The second kappa shape index (κ2) is 15.0. The molecule has 0 aliphatic heterocycles. The Balaban J connectivity index is 0.000000253. The number of benzene rings is 3. The van der Waals surface area contributed by atoms with Gasteiger partial charge in [-0.2, -0.15) is 10.4 Å². The van der Waals surface area contributed by atoms with Crippen molar-refractivity contribution in [1.82, 2.24) is 10.2 Å². The first-order valence-electron chi connectivity index (χ1n) is 13.9. The van der Waals surface area contributed by atoms with Gasteiger partial charge in [0.1, 0.15) is 6.07 Å². The van der Waals surface area contributed by atoms with Crippen molar-refractivity contribution in [3.8, 4) is 16.6 Å². The topological polar surface area (TPSA) is 86.9 Å². The Morgan fingerprint density at radius 3 is 2.10 bits per heavy atom. The van der Waals surface area contributed by atoms with Crippen LogP contribution >= 0.6 is 11.3 Å². The van der Waals surface area contributed by atoms with Gasteiger partial charge >= 0.3 is 0 Å². The van der Waals surface area contributed by atoms with Crippen molar-refractivity contribution in [3.05, 3.63) is 84.3 Å². The smallest absolute Gasteiger partial charge is 0.169 e. The number of nitriles is 1. The van der Waals surface area contributed by atoms with Crippen LogP contribution < -0.4 is 0 Å². The van der Waals surface area contributed by atoms with E-state index in [1.54, 1.807) is 11.3 Å². The molecule has 1 radical (unpaired) electrons. The predicted molar refractivity (Wildman–Crippen MR) is 165 cm³/mol. The number of hydrogen-bond donors (Lipinski definition) is 1. The monoisotopic (exact) mass is 741 g/mol. The van der Waals surface area contributed by atoms with Crippen molar-refractivity contribution in [2.75, 3.05) is 0 Å². The average Bonchev–Trinajstić information content (AvgIpc) is 3.41. The van der Waals surface area contributed by atoms with E-state index in [-0.39, 0.29) is 43.5 Å². The molecule has 2 heterocycles. The Morgan fingerprint density at radius 1 is 0.927 bits per heavy atom. The summed E-state index contributed by atoms with van der Waals surface area (Å²) in [5.74, 6) is 0.547. The number of aromatic nitrogens is 2. The van der Waals surface area contributed by atoms with Gasteiger partial charge in [-0.1, -0.05) is 70.2 Å². The molecule has 0 saturated carbocycles. The average molecular weight is 741 g/mol. The molecule has 2 aromatic heterocycles. The van der Waals surface area contributed by atoms with Gasteiger partial charge in [0.25, 0.3) is 0 Å². The number of aliphatic hydroxyl groups excluding tert-OH is 1. The summed E-state index contributed by atoms with van der Waals surface area (Å²) in [4.78, 5) is 12.7. The van der Waals surface area contributed by atoms with E-state index in [1.165, 1.54) is 6.08 Å². The number of hydrogen-bond acceptors (Lipinski definition) is 6. The normalized spacial score (nSPS) is 11.4. The van der Waals surface area contributed by atoms with Crippen LogP contribution in [0.15, 0.2) is 72.5 Å². The van der Waals surface area contributed by atoms with Gasteiger partial charge in [0, 0.05) is 49.1 Å². The molecule has 0 aliphatic rings. The molecule has 5 aromatic rings. The quantitative estimate of drug-likeness (QED) is 0.0742. The molecule has 41 heavy (non-hydrogen) atoms. The Kier molecular flexibility index (Phi) is 11.7. The molecule has 0 unspecified atom stereocenters. The van der Waals surface area contributed by atoms with Crippen molar-refractivity contribution < 1.29 is 30.0 Å². The fourth-order valence-electron chi connectivity index (χ4n) is 4.89. The van der Waals surface area contributed by atoms with Crippen molar-refractivity contribution in [3.63, 3.8) is 0 Å². The molecule has 5 nitrogen and oxygen atoms in total. The molecule has 0 saturated heterocycles. The molecule has 0 atom stereocenters. The summed E-state index contributed by atoms with van der Waals surface area (Å²) in [6, 6.07) is 26.0. The van der Waals surface area contributed by atoms with Crippen molar-refractivity contribution in [2.24, 2.45) is 11.8 Å². The van der Waals surface area contributed by atoms with Gasteiger partial charge in [-0.25, -0.2) is 11.3 Å². The maximum absolute atomic E-state index is 11.7. The maximum Gasteiger partial charge on any atom is 0.169 e. The molecule has 7 heteroatoms. The summed E-state index contributed by atoms with van der Waals surface area (Å²) >= 11 is 1.64. The molecule has 0 fully saturated rings. The number of rotatable bonds is 8. The molecule has 3 aromatic carbocycles. The summed E-state index contributed by atoms with van der Waals surface area (Å²) in [5.41, 5.74) is 1.13. The number of fused-ring (bicyclic) bond motifs is 3. The van der Waals surface area contributed by atoms with Crippen LogP contribution in [0.5, 0.6) is 0 Å². The van der Waals surface area contributed by atoms with Crippen molar-refractivity contribution in [1.29, 1.82) is 5.26 Å². The van der Waals surface area contributed by atoms with Gasteiger partial charge in [0.05, 0.1) is 5.76 Å². The zero-order valence-corrected chi connectivity index (χ0v) is 27.0. The van der Waals surface area contributed by atoms with Crippen LogP contribution in [0.2, 0.25) is 0 Å². The molecule has 0 spiro atoms. The Morgan fingerprint density at radius 2 is 1.51 bits per heavy atom. The summed E-state index contributed by atoms with van der Waals surface area (Å²) in [5, 5.41) is 32.7. The van der Waals surface area contributed by atoms with E-state index in [0.717, 1.165) is 67.9 Å². The maximum atomic E-state index is 11.7. The first-order valence-corrected chi connectivity index (χ1v) is 14.7. The molecule has 213 valence electrons. The van der Waals surface area contributed by atoms with E-state index >= 15 is 0 Å². The minimum absolute atomic E-state index is 0. The Hall–Kier alpha value is -3.43. The first kappa shape index (κ1) is 32.1. The van der Waals surface area contributed by atoms with Crippen LogP contribution in [0.3, 0.4) is 0 Å². The van der Waals surface area contributed by atoms with Crippen molar-refractivity contribution in [2.45, 2.75) is 53.4 Å². The number of carbonyl (C=O) groups is 1. The number of carbonyl (C=O) groups excluding carboxylic acids is 1. The van der Waals surface area contributed by atoms with Crippen LogP contribution in [0.4, 0.5) is 0 Å². The third kappa shape index (κ3) is 7.26. The molecule has 5 rings (SSSR count). The van der Waals surface area contributed by atoms with E-state index in [1.807, 2.05) is 70.2 Å². The van der Waals surface area contributed by atoms with E-state index in [9.17, 15) is 15.2 Å². The molecule has 0 aliphatic carbocycles. The number of allylic oxidation sites excluding steroid dienone is 2. The number of ketones is 1. The molecule has 0 amide bonds. The van der Waals surface area contributed by atoms with Crippen LogP contribution in [-0.4, -0.2) is 21.1 Å². The molecule has 1 N–H and O–H groups in total. The van der Waals surface area contributed by atoms with E-state index < -0.39 is 0 Å². The molecular formula is C34H34IrN3O2S-. The summed E-state index contributed by atoms with van der Waals surface area (Å²) in [7, 11) is 0. The van der Waals surface area contributed by atoms with Gasteiger partial charge in [-0.05, 0) is 57.5 Å². The third-order valence-electron chi connectivity index (χ3n) is 7.40. The second-order valence-corrected chi connectivity index (χ2v) is 10.9. The molecule has 0 bridgehead atoms.